The van der Waals surface area contributed by atoms with Crippen molar-refractivity contribution in [3.05, 3.63) is 113 Å². The van der Waals surface area contributed by atoms with Crippen LogP contribution in [0, 0.1) is 17.0 Å². The Morgan fingerprint density at radius 2 is 1.12 bits per heavy atom. The van der Waals surface area contributed by atoms with Crippen molar-refractivity contribution in [1.29, 1.82) is 0 Å². The Hall–Kier alpha value is -3.58. The lowest BCUT2D eigenvalue weighted by Gasteiger charge is -2.32. The Morgan fingerprint density at radius 1 is 0.688 bits per heavy atom. The fourth-order valence-electron chi connectivity index (χ4n) is 5.02. The van der Waals surface area contributed by atoms with E-state index in [4.69, 9.17) is 0 Å². The number of fused-ring (bicyclic) bond motifs is 1. The van der Waals surface area contributed by atoms with Crippen LogP contribution in [-0.4, -0.2) is 17.0 Å². The fourth-order valence-corrected chi connectivity index (χ4v) is 5.02. The van der Waals surface area contributed by atoms with Gasteiger partial charge in [0.2, 0.25) is 11.8 Å². The first-order chi connectivity index (χ1) is 15.6. The van der Waals surface area contributed by atoms with Crippen LogP contribution in [0.1, 0.15) is 23.0 Å². The van der Waals surface area contributed by atoms with E-state index in [0.29, 0.717) is 0 Å². The van der Waals surface area contributed by atoms with Gasteiger partial charge in [0.05, 0.1) is 11.8 Å². The highest BCUT2D eigenvalue weighted by molar-refractivity contribution is 6.23. The molecule has 3 aromatic carbocycles. The number of para-hydroxylation sites is 2. The minimum Gasteiger partial charge on any atom is -0.595 e. The van der Waals surface area contributed by atoms with Crippen LogP contribution in [0.25, 0.3) is 0 Å². The van der Waals surface area contributed by atoms with E-state index < -0.39 is 17.1 Å². The van der Waals surface area contributed by atoms with Crippen LogP contribution in [0.3, 0.4) is 0 Å². The summed E-state index contributed by atoms with van der Waals surface area (Å²) in [6, 6.07) is 25.5. The highest BCUT2D eigenvalue weighted by Crippen LogP contribution is 2.50. The zero-order valence-electron chi connectivity index (χ0n) is 17.2. The summed E-state index contributed by atoms with van der Waals surface area (Å²) in [4.78, 5) is 28.6. The molecule has 5 rings (SSSR count). The molecule has 0 saturated carbocycles. The maximum Gasteiger partial charge on any atom is 0.238 e. The van der Waals surface area contributed by atoms with Crippen molar-refractivity contribution in [2.45, 2.75) is 11.8 Å². The smallest absolute Gasteiger partial charge is 0.238 e. The molecule has 2 amide bonds. The Labute approximate surface area is 185 Å². The summed E-state index contributed by atoms with van der Waals surface area (Å²) in [6.07, 6.45) is 4.04. The minimum absolute atomic E-state index is 0.0617. The molecular weight excluding hydrogens is 404 g/mol. The van der Waals surface area contributed by atoms with Crippen molar-refractivity contribution in [2.75, 3.05) is 4.90 Å². The zero-order valence-corrected chi connectivity index (χ0v) is 17.2. The average molecular weight is 426 g/mol. The standard InChI is InChI=1S/C26H22N2O4/c29-25-23-19(17-9-3-1-4-10-17)15-16-20(18-11-5-2-6-12-18)24(23)26(30)27(25)21-13-7-8-14-22(21)28(31)32/h1-16,19-20,23-24,28,31H/t19-,20+,23-,24+. The van der Waals surface area contributed by atoms with Crippen molar-refractivity contribution < 1.29 is 20.0 Å². The van der Waals surface area contributed by atoms with E-state index in [-0.39, 0.29) is 35.0 Å². The third-order valence-electron chi connectivity index (χ3n) is 6.44. The molecule has 32 heavy (non-hydrogen) atoms. The number of carbonyl (C=O) groups is 2. The number of nitrogens with zero attached hydrogens (tertiary/aromatic N) is 1. The van der Waals surface area contributed by atoms with Crippen LogP contribution in [0.15, 0.2) is 97.1 Å². The SMILES string of the molecule is O=C1[C@@H]2[C@H](C(=O)N1c1ccccc1[NH+]([O-])O)[C@@H](c1ccccc1)C=C[C@H]2c1ccccc1. The molecule has 160 valence electrons. The number of carbonyl (C=O) groups excluding carboxylic acids is 2. The van der Waals surface area contributed by atoms with Crippen molar-refractivity contribution in [2.24, 2.45) is 11.8 Å². The lowest BCUT2D eigenvalue weighted by Crippen LogP contribution is -2.99. The second kappa shape index (κ2) is 8.16. The number of anilines is 1. The second-order valence-electron chi connectivity index (χ2n) is 8.14. The summed E-state index contributed by atoms with van der Waals surface area (Å²) in [5, 5.41) is 20.3. The van der Waals surface area contributed by atoms with Crippen LogP contribution >= 0.6 is 0 Å². The van der Waals surface area contributed by atoms with Gasteiger partial charge in [-0.05, 0) is 17.2 Å². The number of nitrogens with one attached hydrogen (secondary N) is 1. The first-order valence-corrected chi connectivity index (χ1v) is 10.6. The van der Waals surface area contributed by atoms with E-state index in [1.165, 1.54) is 12.1 Å². The van der Waals surface area contributed by atoms with Gasteiger partial charge in [0.1, 0.15) is 5.69 Å². The highest BCUT2D eigenvalue weighted by atomic mass is 16.8. The van der Waals surface area contributed by atoms with Crippen LogP contribution in [-0.2, 0) is 9.59 Å². The van der Waals surface area contributed by atoms with E-state index in [9.17, 15) is 20.0 Å². The quantitative estimate of drug-likeness (QED) is 0.381. The molecule has 1 saturated heterocycles. The summed E-state index contributed by atoms with van der Waals surface area (Å²) >= 11 is 0. The predicted octanol–water partition coefficient (Wildman–Crippen LogP) is 3.33. The van der Waals surface area contributed by atoms with Crippen molar-refractivity contribution in [1.82, 2.24) is 0 Å². The topological polar surface area (TPSA) is 85.1 Å². The summed E-state index contributed by atoms with van der Waals surface area (Å²) in [5.74, 6) is -2.45. The molecule has 1 aliphatic heterocycles. The summed E-state index contributed by atoms with van der Waals surface area (Å²) in [7, 11) is 0. The molecule has 0 aromatic heterocycles. The van der Waals surface area contributed by atoms with Crippen molar-refractivity contribution in [3.8, 4) is 0 Å². The minimum atomic E-state index is -1.17. The predicted molar refractivity (Wildman–Crippen MR) is 119 cm³/mol. The van der Waals surface area contributed by atoms with Crippen LogP contribution in [0.4, 0.5) is 11.4 Å². The summed E-state index contributed by atoms with van der Waals surface area (Å²) < 4.78 is 0. The second-order valence-corrected chi connectivity index (χ2v) is 8.14. The first-order valence-electron chi connectivity index (χ1n) is 10.6. The third kappa shape index (κ3) is 3.26. The molecule has 1 heterocycles. The van der Waals surface area contributed by atoms with Gasteiger partial charge in [0.25, 0.3) is 0 Å². The molecule has 6 heteroatoms. The molecule has 1 unspecified atom stereocenters. The Morgan fingerprint density at radius 3 is 1.59 bits per heavy atom. The Kier molecular flexibility index (Phi) is 5.19. The maximum atomic E-state index is 13.8. The molecule has 2 N–H and O–H groups in total. The molecular formula is C26H22N2O4. The highest BCUT2D eigenvalue weighted by Gasteiger charge is 2.56. The number of rotatable bonds is 4. The molecule has 1 aliphatic carbocycles. The molecule has 0 bridgehead atoms. The Balaban J connectivity index is 1.65. The fraction of sp³-hybridized carbons (Fsp3) is 0.154. The molecule has 0 radical (unpaired) electrons. The summed E-state index contributed by atoms with van der Waals surface area (Å²) in [5.41, 5.74) is 1.98. The number of allylic oxidation sites excluding steroid dienone is 2. The molecule has 2 aliphatic rings. The monoisotopic (exact) mass is 426 g/mol. The van der Waals surface area contributed by atoms with E-state index in [1.807, 2.05) is 72.8 Å². The molecule has 1 fully saturated rings. The molecule has 5 atom stereocenters. The number of benzene rings is 3. The number of hydrogen-bond acceptors (Lipinski definition) is 4. The van der Waals surface area contributed by atoms with Crippen molar-refractivity contribution >= 4 is 23.2 Å². The largest absolute Gasteiger partial charge is 0.595 e. The maximum absolute atomic E-state index is 13.8. The van der Waals surface area contributed by atoms with Crippen LogP contribution in [0.2, 0.25) is 0 Å². The van der Waals surface area contributed by atoms with Gasteiger partial charge in [-0.15, -0.1) is 0 Å². The lowest BCUT2D eigenvalue weighted by atomic mass is 9.68. The normalized spacial score (nSPS) is 25.6. The molecule has 3 aromatic rings. The van der Waals surface area contributed by atoms with Crippen LogP contribution in [0.5, 0.6) is 0 Å². The van der Waals surface area contributed by atoms with E-state index >= 15 is 0 Å². The number of imide groups is 1. The average Bonchev–Trinajstić information content (AvgIpc) is 3.10. The number of amides is 2. The van der Waals surface area contributed by atoms with E-state index in [0.717, 1.165) is 16.0 Å². The zero-order chi connectivity index (χ0) is 22.2. The molecule has 6 nitrogen and oxygen atoms in total. The number of hydrogen-bond donors (Lipinski definition) is 2. The Bertz CT molecular complexity index is 1110. The molecule has 0 spiro atoms. The van der Waals surface area contributed by atoms with Crippen LogP contribution < -0.4 is 10.1 Å². The van der Waals surface area contributed by atoms with Gasteiger partial charge >= 0.3 is 0 Å². The van der Waals surface area contributed by atoms with Gasteiger partial charge in [-0.2, -0.15) is 5.23 Å². The number of quaternary nitrogens is 1. The first kappa shape index (κ1) is 20.3. The van der Waals surface area contributed by atoms with Gasteiger partial charge < -0.3 is 5.21 Å². The lowest BCUT2D eigenvalue weighted by molar-refractivity contribution is -0.990. The van der Waals surface area contributed by atoms with Gasteiger partial charge in [0.15, 0.2) is 5.69 Å². The van der Waals surface area contributed by atoms with Gasteiger partial charge in [-0.1, -0.05) is 84.9 Å². The summed E-state index contributed by atoms with van der Waals surface area (Å²) in [6.45, 7) is 0. The van der Waals surface area contributed by atoms with Gasteiger partial charge in [0, 0.05) is 17.9 Å². The van der Waals surface area contributed by atoms with Gasteiger partial charge in [-0.3, -0.25) is 9.59 Å². The third-order valence-corrected chi connectivity index (χ3v) is 6.44. The van der Waals surface area contributed by atoms with E-state index in [1.54, 1.807) is 12.1 Å². The van der Waals surface area contributed by atoms with Crippen molar-refractivity contribution in [3.63, 3.8) is 0 Å². The van der Waals surface area contributed by atoms with E-state index in [2.05, 4.69) is 0 Å². The van der Waals surface area contributed by atoms with Gasteiger partial charge in [-0.25, -0.2) is 10.1 Å².